The number of ether oxygens (including phenoxy) is 6. The topological polar surface area (TPSA) is 312 Å². The van der Waals surface area contributed by atoms with Gasteiger partial charge in [-0.05, 0) is 158 Å². The maximum absolute atomic E-state index is 11.4. The molecule has 6 unspecified atom stereocenters. The van der Waals surface area contributed by atoms with Crippen molar-refractivity contribution in [2.24, 2.45) is 35.5 Å². The van der Waals surface area contributed by atoms with Crippen LogP contribution in [0.3, 0.4) is 0 Å². The number of carbonyl (C=O) groups is 12. The minimum Gasteiger partial charge on any atom is -0.399 e. The second kappa shape index (κ2) is 111. The highest BCUT2D eigenvalue weighted by atomic mass is 16.6. The van der Waals surface area contributed by atoms with Gasteiger partial charge in [0.15, 0.2) is 0 Å². The molecular formula is C117H198N2O18. The Morgan fingerprint density at radius 3 is 0.606 bits per heavy atom. The van der Waals surface area contributed by atoms with Crippen molar-refractivity contribution in [1.29, 1.82) is 0 Å². The van der Waals surface area contributed by atoms with Crippen LogP contribution in [0.1, 0.15) is 460 Å². The minimum absolute atomic E-state index is 0.101. The summed E-state index contributed by atoms with van der Waals surface area (Å²) < 4.78 is 27.2. The van der Waals surface area contributed by atoms with Gasteiger partial charge < -0.3 is 39.9 Å². The largest absolute Gasteiger partial charge is 0.399 e. The first kappa shape index (κ1) is 154. The van der Waals surface area contributed by atoms with Crippen LogP contribution in [0.2, 0.25) is 0 Å². The van der Waals surface area contributed by atoms with Crippen LogP contribution >= 0.6 is 0 Å². The molecule has 6 atom stereocenters. The molecule has 6 heterocycles. The predicted octanol–water partition coefficient (Wildman–Crippen LogP) is 33.4. The number of rotatable bonds is 0. The normalized spacial score (nSPS) is 15.7. The molecular weight excluding hydrogens is 1720 g/mol. The number of nitrogen functional groups attached to an aromatic ring is 2. The Morgan fingerprint density at radius 2 is 0.380 bits per heavy atom. The summed E-state index contributed by atoms with van der Waals surface area (Å²) >= 11 is 0. The van der Waals surface area contributed by atoms with Gasteiger partial charge in [-0.2, -0.15) is 0 Å². The van der Waals surface area contributed by atoms with Gasteiger partial charge in [-0.25, -0.2) is 28.8 Å². The molecule has 4 N–H and O–H groups in total. The molecule has 2 saturated carbocycles. The van der Waals surface area contributed by atoms with E-state index >= 15 is 0 Å². The summed E-state index contributed by atoms with van der Waals surface area (Å²) in [5, 5.41) is 1.87. The zero-order valence-corrected chi connectivity index (χ0v) is 94.6. The van der Waals surface area contributed by atoms with E-state index in [1.54, 1.807) is 36.4 Å². The van der Waals surface area contributed by atoms with E-state index in [0.29, 0.717) is 46.2 Å². The van der Waals surface area contributed by atoms with Crippen LogP contribution in [0, 0.1) is 35.5 Å². The second-order valence-corrected chi connectivity index (χ2v) is 23.5. The number of aryl methyl sites for hydroxylation is 2. The maximum atomic E-state index is 11.4. The number of benzene rings is 7. The molecule has 0 aromatic heterocycles. The Balaban J connectivity index is -0.000000111. The third-order valence-electron chi connectivity index (χ3n) is 17.5. The lowest BCUT2D eigenvalue weighted by atomic mass is 9.77. The summed E-state index contributed by atoms with van der Waals surface area (Å²) in [4.78, 5) is 134. The number of hydrogen-bond acceptors (Lipinski definition) is 20. The fourth-order valence-corrected chi connectivity index (χ4v) is 12.6. The molecule has 0 amide bonds. The lowest BCUT2D eigenvalue weighted by Crippen LogP contribution is -2.27. The molecule has 7 aromatic carbocycles. The molecule has 0 bridgehead atoms. The lowest BCUT2D eigenvalue weighted by molar-refractivity contribution is -0.155. The summed E-state index contributed by atoms with van der Waals surface area (Å²) in [7, 11) is 0. The molecule has 5 fully saturated rings. The second-order valence-electron chi connectivity index (χ2n) is 23.5. The molecule has 20 heteroatoms. The summed E-state index contributed by atoms with van der Waals surface area (Å²) in [5.41, 5.74) is 19.4. The molecule has 0 radical (unpaired) electrons. The van der Waals surface area contributed by atoms with Crippen LogP contribution in [0.4, 0.5) is 11.4 Å². The van der Waals surface area contributed by atoms with Crippen molar-refractivity contribution in [3.63, 3.8) is 0 Å². The van der Waals surface area contributed by atoms with Crippen molar-refractivity contribution in [1.82, 2.24) is 0 Å². The number of fused-ring (bicyclic) bond motifs is 9. The smallest absolute Gasteiger partial charge is 0.346 e. The number of carbonyl (C=O) groups excluding carboxylic acids is 12. The van der Waals surface area contributed by atoms with E-state index in [-0.39, 0.29) is 71.3 Å². The number of nitrogens with two attached hydrogens (primary N) is 2. The quantitative estimate of drug-likeness (QED) is 0.0617. The van der Waals surface area contributed by atoms with Gasteiger partial charge in [-0.3, -0.25) is 28.8 Å². The molecule has 7 aromatic rings. The molecule has 3 saturated heterocycles. The Morgan fingerprint density at radius 1 is 0.190 bits per heavy atom. The standard InChI is InChI=1S/2C12H10O3.C12H6O3.C9H12O3.C8H10O3.C8H4O3.2C6H7N.22C2H6/c3*13-11-9-5-7-3-1-2-4-8(7)6-10(9)12(14)15-11;10-8-6-4-2-1-3-5-7(6)9(11)12-8;2*9-7-5-3-1-2-4-6(5)8(10)11-7;2*7-6-4-2-1-3-5-6;22*1-2/h5-6H,1-4H2;1-4,9-10H,5-6H2;1-6H;6-7H,1-5H2;5-6H,1-4H2;1-4H;2*1-5H,7H2;22*1-2H3. The van der Waals surface area contributed by atoms with Gasteiger partial charge in [-0.15, -0.1) is 0 Å². The Labute approximate surface area is 836 Å². The predicted molar refractivity (Wildman–Crippen MR) is 584 cm³/mol. The van der Waals surface area contributed by atoms with E-state index in [0.717, 1.165) is 106 Å². The highest BCUT2D eigenvalue weighted by Gasteiger charge is 2.48. The van der Waals surface area contributed by atoms with E-state index in [4.69, 9.17) is 11.5 Å². The Hall–Kier alpha value is -10.8. The zero-order chi connectivity index (χ0) is 110. The highest BCUT2D eigenvalue weighted by Crippen LogP contribution is 2.39. The minimum atomic E-state index is -0.555. The van der Waals surface area contributed by atoms with Gasteiger partial charge >= 0.3 is 71.6 Å². The fourth-order valence-electron chi connectivity index (χ4n) is 12.6. The first-order valence-corrected chi connectivity index (χ1v) is 52.9. The van der Waals surface area contributed by atoms with Gasteiger partial charge in [0.05, 0.1) is 68.9 Å². The number of esters is 12. The number of para-hydroxylation sites is 2. The molecule has 0 spiro atoms. The summed E-state index contributed by atoms with van der Waals surface area (Å²) in [6.45, 7) is 88.0. The Bertz CT molecular complexity index is 3850. The van der Waals surface area contributed by atoms with E-state index in [9.17, 15) is 57.5 Å². The average Bonchev–Trinajstić information content (AvgIpc) is 1.64. The van der Waals surface area contributed by atoms with E-state index < -0.39 is 35.8 Å². The molecule has 784 valence electrons. The first-order chi connectivity index (χ1) is 66.9. The SMILES string of the molecule is CC.CC.CC.CC.CC.CC.CC.CC.CC.CC.CC.CC.CC.CC.CC.CC.CC.CC.CC.CC.CC.CC.Nc1ccccc1.Nc1ccccc1.O=C1OC(=O)C2CCCCC12.O=C1OC(=O)C2CCCCCC12.O=C1OC(=O)C2Cc3ccccc3CC12.O=C1OC(=O)c2cc3c(cc21)CCCC3.O=C1OC(=O)c2cc3ccccc3cc21.O=C1OC(=O)c2ccccc21. The van der Waals surface area contributed by atoms with Crippen molar-refractivity contribution in [2.45, 2.75) is 401 Å². The Kier molecular flexibility index (Phi) is 125. The summed E-state index contributed by atoms with van der Waals surface area (Å²) in [5.74, 6) is -5.96. The first-order valence-electron chi connectivity index (χ1n) is 52.9. The van der Waals surface area contributed by atoms with Crippen molar-refractivity contribution in [3.8, 4) is 0 Å². The third-order valence-corrected chi connectivity index (χ3v) is 17.5. The summed E-state index contributed by atoms with van der Waals surface area (Å²) in [6.07, 6.45) is 14.4. The van der Waals surface area contributed by atoms with E-state index in [2.05, 4.69) is 28.4 Å². The molecule has 137 heavy (non-hydrogen) atoms. The van der Waals surface area contributed by atoms with Gasteiger partial charge in [0.1, 0.15) is 0 Å². The average molecular weight is 1920 g/mol. The van der Waals surface area contributed by atoms with Crippen LogP contribution in [0.5, 0.6) is 0 Å². The van der Waals surface area contributed by atoms with Crippen molar-refractivity contribution in [2.75, 3.05) is 11.5 Å². The number of anilines is 2. The molecule has 20 nitrogen and oxygen atoms in total. The van der Waals surface area contributed by atoms with Gasteiger partial charge in [0, 0.05) is 11.4 Å². The molecule has 17 rings (SSSR count). The molecule has 6 aliphatic heterocycles. The van der Waals surface area contributed by atoms with Crippen molar-refractivity contribution in [3.05, 3.63) is 213 Å². The number of hydrogen-bond donors (Lipinski definition) is 2. The van der Waals surface area contributed by atoms with Gasteiger partial charge in [0.2, 0.25) is 0 Å². The van der Waals surface area contributed by atoms with Crippen LogP contribution in [0.25, 0.3) is 10.8 Å². The van der Waals surface area contributed by atoms with E-state index in [1.165, 1.54) is 22.3 Å². The van der Waals surface area contributed by atoms with E-state index in [1.807, 2.05) is 426 Å². The summed E-state index contributed by atoms with van der Waals surface area (Å²) in [6, 6.07) is 48.1. The maximum Gasteiger partial charge on any atom is 0.346 e. The van der Waals surface area contributed by atoms with Crippen LogP contribution in [0.15, 0.2) is 158 Å². The number of cyclic esters (lactones) is 12. The molecule has 4 aliphatic carbocycles. The van der Waals surface area contributed by atoms with Gasteiger partial charge in [0.25, 0.3) is 0 Å². The van der Waals surface area contributed by atoms with Crippen LogP contribution in [-0.4, -0.2) is 71.6 Å². The van der Waals surface area contributed by atoms with Crippen molar-refractivity contribution < 1.29 is 86.0 Å². The lowest BCUT2D eigenvalue weighted by Gasteiger charge is -2.22. The van der Waals surface area contributed by atoms with Gasteiger partial charge in [-0.1, -0.05) is 434 Å². The van der Waals surface area contributed by atoms with Crippen LogP contribution in [-0.2, 0) is 82.9 Å². The molecule has 10 aliphatic rings. The monoisotopic (exact) mass is 1920 g/mol. The fraction of sp³-hybridized carbons (Fsp3) is 0.556. The zero-order valence-electron chi connectivity index (χ0n) is 94.6. The van der Waals surface area contributed by atoms with Crippen LogP contribution < -0.4 is 11.5 Å². The third kappa shape index (κ3) is 58.6. The highest BCUT2D eigenvalue weighted by molar-refractivity contribution is 6.17. The van der Waals surface area contributed by atoms with Crippen molar-refractivity contribution >= 4 is 93.8 Å².